The van der Waals surface area contributed by atoms with Crippen molar-refractivity contribution in [3.8, 4) is 11.5 Å². The van der Waals surface area contributed by atoms with E-state index in [9.17, 15) is 9.59 Å². The number of amides is 3. The van der Waals surface area contributed by atoms with E-state index in [0.29, 0.717) is 30.4 Å². The minimum atomic E-state index is -0.676. The van der Waals surface area contributed by atoms with Crippen molar-refractivity contribution in [3.05, 3.63) is 47.5 Å². The van der Waals surface area contributed by atoms with Gasteiger partial charge in [0.05, 0.1) is 18.2 Å². The highest BCUT2D eigenvalue weighted by atomic mass is 32.2. The van der Waals surface area contributed by atoms with Crippen LogP contribution in [0, 0.1) is 6.92 Å². The molecule has 0 aromatic heterocycles. The summed E-state index contributed by atoms with van der Waals surface area (Å²) in [5.74, 6) is 1.03. The Labute approximate surface area is 168 Å². The van der Waals surface area contributed by atoms with Crippen molar-refractivity contribution in [2.75, 3.05) is 24.8 Å². The summed E-state index contributed by atoms with van der Waals surface area (Å²) in [6.45, 7) is 2.90. The van der Waals surface area contributed by atoms with Crippen molar-refractivity contribution in [1.29, 1.82) is 0 Å². The number of nitrogens with one attached hydrogen (secondary N) is 2. The molecule has 1 atom stereocenters. The number of carbonyl (C=O) groups excluding carboxylic acids is 2. The van der Waals surface area contributed by atoms with Crippen LogP contribution >= 0.6 is 11.8 Å². The molecule has 0 aliphatic carbocycles. The SMILES string of the molecule is CSc1cc2c(cc1NC(=O)CC(NC(N)=O)c1ccccc1C)OCCO2. The number of carbonyl (C=O) groups is 2. The predicted molar refractivity (Wildman–Crippen MR) is 109 cm³/mol. The quantitative estimate of drug-likeness (QED) is 0.645. The first-order chi connectivity index (χ1) is 13.5. The molecule has 0 radical (unpaired) electrons. The highest BCUT2D eigenvalue weighted by Crippen LogP contribution is 2.39. The molecule has 3 rings (SSSR count). The Morgan fingerprint density at radius 2 is 1.86 bits per heavy atom. The number of aryl methyl sites for hydroxylation is 1. The van der Waals surface area contributed by atoms with E-state index in [-0.39, 0.29) is 12.3 Å². The number of thioether (sulfide) groups is 1. The molecule has 8 heteroatoms. The molecule has 2 aromatic carbocycles. The number of fused-ring (bicyclic) bond motifs is 1. The fraction of sp³-hybridized carbons (Fsp3) is 0.300. The van der Waals surface area contributed by atoms with Crippen molar-refractivity contribution >= 4 is 29.4 Å². The Balaban J connectivity index is 1.79. The van der Waals surface area contributed by atoms with Gasteiger partial charge in [0.15, 0.2) is 11.5 Å². The fourth-order valence-corrected chi connectivity index (χ4v) is 3.67. The van der Waals surface area contributed by atoms with Crippen LogP contribution in [0.15, 0.2) is 41.3 Å². The third-order valence-corrected chi connectivity index (χ3v) is 5.19. The van der Waals surface area contributed by atoms with Crippen LogP contribution in [0.3, 0.4) is 0 Å². The normalized spacial score (nSPS) is 13.5. The molecule has 28 heavy (non-hydrogen) atoms. The highest BCUT2D eigenvalue weighted by Gasteiger charge is 2.21. The van der Waals surface area contributed by atoms with E-state index in [1.165, 1.54) is 11.8 Å². The maximum atomic E-state index is 12.7. The van der Waals surface area contributed by atoms with E-state index in [1.807, 2.05) is 43.5 Å². The molecular weight excluding hydrogens is 378 g/mol. The maximum absolute atomic E-state index is 12.7. The first-order valence-electron chi connectivity index (χ1n) is 8.87. The minimum Gasteiger partial charge on any atom is -0.486 e. The van der Waals surface area contributed by atoms with Crippen LogP contribution in [0.1, 0.15) is 23.6 Å². The summed E-state index contributed by atoms with van der Waals surface area (Å²) >= 11 is 1.50. The van der Waals surface area contributed by atoms with E-state index < -0.39 is 12.1 Å². The van der Waals surface area contributed by atoms with Crippen LogP contribution in [0.5, 0.6) is 11.5 Å². The van der Waals surface area contributed by atoms with Gasteiger partial charge in [-0.2, -0.15) is 0 Å². The maximum Gasteiger partial charge on any atom is 0.312 e. The summed E-state index contributed by atoms with van der Waals surface area (Å²) in [5, 5.41) is 5.58. The van der Waals surface area contributed by atoms with Gasteiger partial charge in [-0.05, 0) is 30.4 Å². The molecule has 1 unspecified atom stereocenters. The second-order valence-corrected chi connectivity index (χ2v) is 7.21. The molecule has 2 aromatic rings. The van der Waals surface area contributed by atoms with Gasteiger partial charge in [0.2, 0.25) is 5.91 Å². The molecule has 0 saturated carbocycles. The Morgan fingerprint density at radius 3 is 2.50 bits per heavy atom. The monoisotopic (exact) mass is 401 g/mol. The number of anilines is 1. The third kappa shape index (κ3) is 4.69. The fourth-order valence-electron chi connectivity index (χ4n) is 3.11. The Kier molecular flexibility index (Phi) is 6.30. The summed E-state index contributed by atoms with van der Waals surface area (Å²) in [4.78, 5) is 25.0. The third-order valence-electron chi connectivity index (χ3n) is 4.41. The molecule has 0 spiro atoms. The minimum absolute atomic E-state index is 0.0516. The molecule has 0 fully saturated rings. The summed E-state index contributed by atoms with van der Waals surface area (Å²) < 4.78 is 11.2. The van der Waals surface area contributed by atoms with Gasteiger partial charge < -0.3 is 25.8 Å². The van der Waals surface area contributed by atoms with Crippen LogP contribution in [-0.2, 0) is 4.79 Å². The van der Waals surface area contributed by atoms with Gasteiger partial charge in [-0.15, -0.1) is 11.8 Å². The molecule has 0 bridgehead atoms. The van der Waals surface area contributed by atoms with Crippen LogP contribution in [-0.4, -0.2) is 31.4 Å². The van der Waals surface area contributed by atoms with Crippen LogP contribution in [0.2, 0.25) is 0 Å². The number of benzene rings is 2. The van der Waals surface area contributed by atoms with Crippen molar-refractivity contribution in [2.24, 2.45) is 5.73 Å². The lowest BCUT2D eigenvalue weighted by atomic mass is 9.98. The van der Waals surface area contributed by atoms with E-state index in [4.69, 9.17) is 15.2 Å². The topological polar surface area (TPSA) is 103 Å². The lowest BCUT2D eigenvalue weighted by Gasteiger charge is -2.22. The Hall–Kier alpha value is -2.87. The average molecular weight is 401 g/mol. The summed E-state index contributed by atoms with van der Waals surface area (Å²) in [6, 6.07) is 10.00. The number of hydrogen-bond donors (Lipinski definition) is 3. The number of ether oxygens (including phenoxy) is 2. The number of rotatable bonds is 6. The van der Waals surface area contributed by atoms with E-state index in [1.54, 1.807) is 6.07 Å². The summed E-state index contributed by atoms with van der Waals surface area (Å²) in [6.07, 6.45) is 1.97. The van der Waals surface area contributed by atoms with Gasteiger partial charge in [0.1, 0.15) is 13.2 Å². The lowest BCUT2D eigenvalue weighted by Crippen LogP contribution is -2.35. The summed E-state index contributed by atoms with van der Waals surface area (Å²) in [7, 11) is 0. The van der Waals surface area contributed by atoms with Crippen molar-refractivity contribution in [1.82, 2.24) is 5.32 Å². The lowest BCUT2D eigenvalue weighted by molar-refractivity contribution is -0.116. The summed E-state index contributed by atoms with van der Waals surface area (Å²) in [5.41, 5.74) is 7.78. The number of urea groups is 1. The Morgan fingerprint density at radius 1 is 1.18 bits per heavy atom. The van der Waals surface area contributed by atoms with Gasteiger partial charge in [-0.25, -0.2) is 4.79 Å². The second kappa shape index (κ2) is 8.88. The molecule has 148 valence electrons. The standard InChI is InChI=1S/C20H23N3O4S/c1-12-5-3-4-6-13(12)14(23-20(21)25)10-19(24)22-15-9-16-17(11-18(15)28-2)27-8-7-26-16/h3-6,9,11,14H,7-8,10H2,1-2H3,(H,22,24)(H3,21,23,25). The number of primary amides is 1. The molecule has 1 aliphatic rings. The van der Waals surface area contributed by atoms with Crippen LogP contribution in [0.25, 0.3) is 0 Å². The highest BCUT2D eigenvalue weighted by molar-refractivity contribution is 7.98. The molecule has 3 amide bonds. The number of hydrogen-bond acceptors (Lipinski definition) is 5. The van der Waals surface area contributed by atoms with Gasteiger partial charge >= 0.3 is 6.03 Å². The van der Waals surface area contributed by atoms with Crippen LogP contribution in [0.4, 0.5) is 10.5 Å². The average Bonchev–Trinajstić information content (AvgIpc) is 2.67. The van der Waals surface area contributed by atoms with E-state index in [2.05, 4.69) is 10.6 Å². The second-order valence-electron chi connectivity index (χ2n) is 6.37. The van der Waals surface area contributed by atoms with Gasteiger partial charge in [0, 0.05) is 11.0 Å². The first-order valence-corrected chi connectivity index (χ1v) is 10.1. The van der Waals surface area contributed by atoms with E-state index in [0.717, 1.165) is 16.0 Å². The van der Waals surface area contributed by atoms with Gasteiger partial charge in [-0.1, -0.05) is 24.3 Å². The zero-order chi connectivity index (χ0) is 20.1. The van der Waals surface area contributed by atoms with Gasteiger partial charge in [-0.3, -0.25) is 4.79 Å². The van der Waals surface area contributed by atoms with Gasteiger partial charge in [0.25, 0.3) is 0 Å². The molecule has 1 aliphatic heterocycles. The molecule has 1 heterocycles. The van der Waals surface area contributed by atoms with Crippen molar-refractivity contribution in [2.45, 2.75) is 24.3 Å². The predicted octanol–water partition coefficient (Wildman–Crippen LogP) is 3.23. The molecule has 0 saturated heterocycles. The molecular formula is C20H23N3O4S. The largest absolute Gasteiger partial charge is 0.486 e. The zero-order valence-corrected chi connectivity index (χ0v) is 16.6. The van der Waals surface area contributed by atoms with E-state index >= 15 is 0 Å². The van der Waals surface area contributed by atoms with Crippen molar-refractivity contribution < 1.29 is 19.1 Å². The molecule has 4 N–H and O–H groups in total. The van der Waals surface area contributed by atoms with Crippen LogP contribution < -0.4 is 25.8 Å². The Bertz CT molecular complexity index is 888. The van der Waals surface area contributed by atoms with Crippen molar-refractivity contribution in [3.63, 3.8) is 0 Å². The first kappa shape index (κ1) is 19.9. The smallest absolute Gasteiger partial charge is 0.312 e. The zero-order valence-electron chi connectivity index (χ0n) is 15.8. The molecule has 7 nitrogen and oxygen atoms in total. The number of nitrogens with two attached hydrogens (primary N) is 1.